The fraction of sp³-hybridized carbons (Fsp3) is 0.714. The number of aryl methyl sites for hydroxylation is 1. The molecule has 6 nitrogen and oxygen atoms in total. The van der Waals surface area contributed by atoms with E-state index < -0.39 is 0 Å². The Morgan fingerprint density at radius 1 is 1.60 bits per heavy atom. The number of nitrogens with zero attached hydrogens (tertiary/aromatic N) is 3. The van der Waals surface area contributed by atoms with Gasteiger partial charge in [-0.3, -0.25) is 14.4 Å². The summed E-state index contributed by atoms with van der Waals surface area (Å²) in [7, 11) is 0. The lowest BCUT2D eigenvalue weighted by Crippen LogP contribution is -2.44. The predicted molar refractivity (Wildman–Crippen MR) is 76.0 cm³/mol. The van der Waals surface area contributed by atoms with Crippen LogP contribution >= 0.6 is 0 Å². The summed E-state index contributed by atoms with van der Waals surface area (Å²) in [6.07, 6.45) is 6.32. The lowest BCUT2D eigenvalue weighted by atomic mass is 10.1. The quantitative estimate of drug-likeness (QED) is 0.789. The van der Waals surface area contributed by atoms with Crippen LogP contribution in [0.1, 0.15) is 31.7 Å². The van der Waals surface area contributed by atoms with E-state index >= 15 is 0 Å². The van der Waals surface area contributed by atoms with Crippen LogP contribution in [0.25, 0.3) is 0 Å². The van der Waals surface area contributed by atoms with Gasteiger partial charge in [0.15, 0.2) is 0 Å². The zero-order valence-corrected chi connectivity index (χ0v) is 12.1. The first-order chi connectivity index (χ1) is 9.67. The molecule has 1 atom stereocenters. The zero-order valence-electron chi connectivity index (χ0n) is 12.1. The molecule has 1 aliphatic heterocycles. The molecule has 6 heteroatoms. The van der Waals surface area contributed by atoms with Crippen LogP contribution in [0.2, 0.25) is 0 Å². The van der Waals surface area contributed by atoms with Gasteiger partial charge in [-0.05, 0) is 25.8 Å². The highest BCUT2D eigenvalue weighted by Gasteiger charge is 2.19. The average molecular weight is 280 g/mol. The minimum Gasteiger partial charge on any atom is -0.392 e. The summed E-state index contributed by atoms with van der Waals surface area (Å²) in [6, 6.07) is 0. The minimum atomic E-state index is -0.288. The number of rotatable bonds is 6. The van der Waals surface area contributed by atoms with Crippen molar-refractivity contribution in [3.63, 3.8) is 0 Å². The largest absolute Gasteiger partial charge is 0.392 e. The van der Waals surface area contributed by atoms with Crippen molar-refractivity contribution < 1.29 is 9.90 Å². The van der Waals surface area contributed by atoms with Crippen LogP contribution in [-0.2, 0) is 17.9 Å². The van der Waals surface area contributed by atoms with Gasteiger partial charge in [-0.2, -0.15) is 5.10 Å². The van der Waals surface area contributed by atoms with Crippen molar-refractivity contribution in [1.29, 1.82) is 0 Å². The van der Waals surface area contributed by atoms with E-state index in [-0.39, 0.29) is 12.0 Å². The van der Waals surface area contributed by atoms with Crippen LogP contribution in [0.3, 0.4) is 0 Å². The third-order valence-electron chi connectivity index (χ3n) is 3.48. The Morgan fingerprint density at radius 2 is 2.45 bits per heavy atom. The number of amides is 1. The number of hydrogen-bond donors (Lipinski definition) is 2. The summed E-state index contributed by atoms with van der Waals surface area (Å²) in [4.78, 5) is 13.9. The molecule has 1 aromatic rings. The monoisotopic (exact) mass is 280 g/mol. The Balaban J connectivity index is 1.71. The fourth-order valence-corrected chi connectivity index (χ4v) is 2.48. The summed E-state index contributed by atoms with van der Waals surface area (Å²) < 4.78 is 1.89. The smallest absolute Gasteiger partial charge is 0.234 e. The normalized spacial score (nSPS) is 20.0. The molecule has 0 aliphatic carbocycles. The van der Waals surface area contributed by atoms with Gasteiger partial charge in [0.05, 0.1) is 18.8 Å². The van der Waals surface area contributed by atoms with Crippen molar-refractivity contribution in [1.82, 2.24) is 20.0 Å². The maximum Gasteiger partial charge on any atom is 0.234 e. The Hall–Kier alpha value is -1.40. The predicted octanol–water partition coefficient (Wildman–Crippen LogP) is 0.366. The number of aliphatic hydroxyl groups is 1. The second kappa shape index (κ2) is 7.40. The molecule has 1 aliphatic rings. The van der Waals surface area contributed by atoms with Crippen LogP contribution < -0.4 is 5.32 Å². The standard InChI is InChI=1S/C14H24N4O2/c1-2-5-18-9-12(8-16-18)7-15-14(20)11-17-6-3-4-13(19)10-17/h8-9,13,19H,2-7,10-11H2,1H3,(H,15,20). The second-order valence-electron chi connectivity index (χ2n) is 5.42. The van der Waals surface area contributed by atoms with Crippen molar-refractivity contribution in [2.75, 3.05) is 19.6 Å². The van der Waals surface area contributed by atoms with E-state index in [9.17, 15) is 9.90 Å². The van der Waals surface area contributed by atoms with E-state index in [0.29, 0.717) is 19.6 Å². The highest BCUT2D eigenvalue weighted by Crippen LogP contribution is 2.08. The van der Waals surface area contributed by atoms with Gasteiger partial charge in [-0.15, -0.1) is 0 Å². The van der Waals surface area contributed by atoms with Gasteiger partial charge in [-0.1, -0.05) is 6.92 Å². The Morgan fingerprint density at radius 3 is 3.20 bits per heavy atom. The second-order valence-corrected chi connectivity index (χ2v) is 5.42. The van der Waals surface area contributed by atoms with Gasteiger partial charge in [0, 0.05) is 31.4 Å². The van der Waals surface area contributed by atoms with Crippen molar-refractivity contribution >= 4 is 5.91 Å². The molecule has 1 unspecified atom stereocenters. The highest BCUT2D eigenvalue weighted by molar-refractivity contribution is 5.78. The fourth-order valence-electron chi connectivity index (χ4n) is 2.48. The number of aliphatic hydroxyl groups excluding tert-OH is 1. The first kappa shape index (κ1) is 15.0. The lowest BCUT2D eigenvalue weighted by Gasteiger charge is -2.29. The maximum absolute atomic E-state index is 11.9. The van der Waals surface area contributed by atoms with Gasteiger partial charge in [0.25, 0.3) is 0 Å². The van der Waals surface area contributed by atoms with Gasteiger partial charge >= 0.3 is 0 Å². The molecular formula is C14H24N4O2. The molecular weight excluding hydrogens is 256 g/mol. The molecule has 0 bridgehead atoms. The molecule has 0 radical (unpaired) electrons. The molecule has 1 fully saturated rings. The van der Waals surface area contributed by atoms with Crippen molar-refractivity contribution in [3.05, 3.63) is 18.0 Å². The SMILES string of the molecule is CCCn1cc(CNC(=O)CN2CCCC(O)C2)cn1. The van der Waals surface area contributed by atoms with E-state index in [1.807, 2.05) is 15.8 Å². The third kappa shape index (κ3) is 4.61. The first-order valence-electron chi connectivity index (χ1n) is 7.36. The number of β-amino-alcohol motifs (C(OH)–C–C–N with tert-alkyl or cyclic N) is 1. The van der Waals surface area contributed by atoms with Crippen molar-refractivity contribution in [2.45, 2.75) is 45.4 Å². The Kier molecular flexibility index (Phi) is 5.55. The summed E-state index contributed by atoms with van der Waals surface area (Å²) in [5, 5.41) is 16.7. The Labute approximate surface area is 119 Å². The third-order valence-corrected chi connectivity index (χ3v) is 3.48. The van der Waals surface area contributed by atoms with Crippen LogP contribution in [0.15, 0.2) is 12.4 Å². The van der Waals surface area contributed by atoms with Crippen LogP contribution in [0.4, 0.5) is 0 Å². The average Bonchev–Trinajstić information content (AvgIpc) is 2.85. The number of carbonyl (C=O) groups excluding carboxylic acids is 1. The van der Waals surface area contributed by atoms with Crippen LogP contribution in [0.5, 0.6) is 0 Å². The molecule has 1 aromatic heterocycles. The summed E-state index contributed by atoms with van der Waals surface area (Å²) in [6.45, 7) is 5.37. The number of aromatic nitrogens is 2. The molecule has 0 aromatic carbocycles. The number of nitrogens with one attached hydrogen (secondary N) is 1. The molecule has 2 rings (SSSR count). The van der Waals surface area contributed by atoms with E-state index in [1.54, 1.807) is 6.20 Å². The molecule has 112 valence electrons. The number of likely N-dealkylation sites (tertiary alicyclic amines) is 1. The van der Waals surface area contributed by atoms with Gasteiger partial charge in [0.1, 0.15) is 0 Å². The van der Waals surface area contributed by atoms with Crippen molar-refractivity contribution in [2.24, 2.45) is 0 Å². The van der Waals surface area contributed by atoms with Crippen molar-refractivity contribution in [3.8, 4) is 0 Å². The van der Waals surface area contributed by atoms with E-state index in [2.05, 4.69) is 17.3 Å². The first-order valence-corrected chi connectivity index (χ1v) is 7.36. The maximum atomic E-state index is 11.9. The summed E-state index contributed by atoms with van der Waals surface area (Å²) in [5.41, 5.74) is 1.02. The number of piperidine rings is 1. The van der Waals surface area contributed by atoms with Gasteiger partial charge in [-0.25, -0.2) is 0 Å². The summed E-state index contributed by atoms with van der Waals surface area (Å²) in [5.74, 6) is 0.00217. The van der Waals surface area contributed by atoms with Gasteiger partial charge in [0.2, 0.25) is 5.91 Å². The summed E-state index contributed by atoms with van der Waals surface area (Å²) >= 11 is 0. The molecule has 20 heavy (non-hydrogen) atoms. The number of carbonyl (C=O) groups is 1. The molecule has 2 N–H and O–H groups in total. The highest BCUT2D eigenvalue weighted by atomic mass is 16.3. The minimum absolute atomic E-state index is 0.00217. The van der Waals surface area contributed by atoms with Crippen LogP contribution in [-0.4, -0.2) is 51.4 Å². The van der Waals surface area contributed by atoms with Crippen LogP contribution in [0, 0.1) is 0 Å². The molecule has 0 spiro atoms. The Bertz CT molecular complexity index is 433. The molecule has 1 saturated heterocycles. The number of hydrogen-bond acceptors (Lipinski definition) is 4. The van der Waals surface area contributed by atoms with E-state index in [0.717, 1.165) is 37.9 Å². The zero-order chi connectivity index (χ0) is 14.4. The lowest BCUT2D eigenvalue weighted by molar-refractivity contribution is -0.123. The molecule has 1 amide bonds. The molecule has 2 heterocycles. The van der Waals surface area contributed by atoms with E-state index in [4.69, 9.17) is 0 Å². The van der Waals surface area contributed by atoms with Gasteiger partial charge < -0.3 is 10.4 Å². The van der Waals surface area contributed by atoms with E-state index in [1.165, 1.54) is 0 Å². The topological polar surface area (TPSA) is 70.4 Å². The molecule has 0 saturated carbocycles.